The van der Waals surface area contributed by atoms with E-state index < -0.39 is 0 Å². The van der Waals surface area contributed by atoms with Crippen molar-refractivity contribution in [1.29, 1.82) is 0 Å². The Labute approximate surface area is 71.8 Å². The van der Waals surface area contributed by atoms with E-state index in [0.717, 1.165) is 17.7 Å². The number of ether oxygens (including phenoxy) is 1. The number of aromatic hydroxyl groups is 1. The maximum atomic E-state index is 9.21. The highest BCUT2D eigenvalue weighted by molar-refractivity contribution is 5.43. The van der Waals surface area contributed by atoms with Crippen LogP contribution in [0, 0.1) is 0 Å². The molecule has 1 aliphatic rings. The predicted octanol–water partition coefficient (Wildman–Crippen LogP) is 2.11. The van der Waals surface area contributed by atoms with Crippen LogP contribution < -0.4 is 4.74 Å². The second-order valence-electron chi connectivity index (χ2n) is 3.83. The highest BCUT2D eigenvalue weighted by Gasteiger charge is 2.29. The molecular formula is C10H12O2. The number of benzene rings is 1. The molecule has 0 aliphatic carbocycles. The van der Waals surface area contributed by atoms with Crippen LogP contribution in [0.5, 0.6) is 11.5 Å². The molecule has 0 unspecified atom stereocenters. The molecule has 64 valence electrons. The molecule has 1 aromatic carbocycles. The van der Waals surface area contributed by atoms with Gasteiger partial charge in [0, 0.05) is 12.0 Å². The van der Waals surface area contributed by atoms with E-state index in [4.69, 9.17) is 4.74 Å². The minimum absolute atomic E-state index is 0.115. The van der Waals surface area contributed by atoms with Crippen LogP contribution in [0.2, 0.25) is 0 Å². The second kappa shape index (κ2) is 2.16. The van der Waals surface area contributed by atoms with Gasteiger partial charge in [-0.05, 0) is 32.0 Å². The van der Waals surface area contributed by atoms with Crippen molar-refractivity contribution in [2.75, 3.05) is 0 Å². The van der Waals surface area contributed by atoms with Crippen LogP contribution in [0.25, 0.3) is 0 Å². The maximum Gasteiger partial charge on any atom is 0.123 e. The van der Waals surface area contributed by atoms with Crippen LogP contribution in [0.15, 0.2) is 18.2 Å². The van der Waals surface area contributed by atoms with Gasteiger partial charge in [0.1, 0.15) is 17.1 Å². The molecule has 2 rings (SSSR count). The molecule has 2 heteroatoms. The lowest BCUT2D eigenvalue weighted by Gasteiger charge is -2.16. The maximum absolute atomic E-state index is 9.21. The van der Waals surface area contributed by atoms with E-state index in [2.05, 4.69) is 0 Å². The molecule has 0 saturated carbocycles. The van der Waals surface area contributed by atoms with E-state index in [-0.39, 0.29) is 5.60 Å². The molecule has 1 N–H and O–H groups in total. The molecule has 2 nitrogen and oxygen atoms in total. The fourth-order valence-electron chi connectivity index (χ4n) is 1.60. The van der Waals surface area contributed by atoms with E-state index >= 15 is 0 Å². The molecule has 0 radical (unpaired) electrons. The standard InChI is InChI=1S/C10H12O2/c1-10(2)6-7-5-8(11)3-4-9(7)12-10/h3-5,11H,6H2,1-2H3. The van der Waals surface area contributed by atoms with Gasteiger partial charge in [0.2, 0.25) is 0 Å². The second-order valence-corrected chi connectivity index (χ2v) is 3.83. The first-order valence-electron chi connectivity index (χ1n) is 4.08. The number of phenols is 1. The monoisotopic (exact) mass is 164 g/mol. The molecule has 1 aliphatic heterocycles. The van der Waals surface area contributed by atoms with Crippen LogP contribution in [-0.2, 0) is 6.42 Å². The van der Waals surface area contributed by atoms with E-state index in [0.29, 0.717) is 5.75 Å². The van der Waals surface area contributed by atoms with Crippen LogP contribution in [0.4, 0.5) is 0 Å². The van der Waals surface area contributed by atoms with Gasteiger partial charge in [0.15, 0.2) is 0 Å². The van der Waals surface area contributed by atoms with Crippen molar-refractivity contribution in [3.8, 4) is 11.5 Å². The van der Waals surface area contributed by atoms with Crippen LogP contribution in [0.1, 0.15) is 19.4 Å². The van der Waals surface area contributed by atoms with Crippen molar-refractivity contribution in [3.63, 3.8) is 0 Å². The third-order valence-electron chi connectivity index (χ3n) is 2.05. The molecule has 0 saturated heterocycles. The normalized spacial score (nSPS) is 18.5. The minimum Gasteiger partial charge on any atom is -0.508 e. The van der Waals surface area contributed by atoms with Gasteiger partial charge in [-0.1, -0.05) is 0 Å². The van der Waals surface area contributed by atoms with Crippen molar-refractivity contribution >= 4 is 0 Å². The summed E-state index contributed by atoms with van der Waals surface area (Å²) in [6, 6.07) is 5.24. The van der Waals surface area contributed by atoms with Gasteiger partial charge < -0.3 is 9.84 Å². The lowest BCUT2D eigenvalue weighted by molar-refractivity contribution is 0.138. The number of fused-ring (bicyclic) bond motifs is 1. The van der Waals surface area contributed by atoms with E-state index in [1.165, 1.54) is 0 Å². The Morgan fingerprint density at radius 1 is 1.42 bits per heavy atom. The van der Waals surface area contributed by atoms with Gasteiger partial charge in [-0.15, -0.1) is 0 Å². The van der Waals surface area contributed by atoms with Crippen molar-refractivity contribution < 1.29 is 9.84 Å². The summed E-state index contributed by atoms with van der Waals surface area (Å²) in [5, 5.41) is 9.21. The average Bonchev–Trinajstić information content (AvgIpc) is 2.21. The number of hydrogen-bond acceptors (Lipinski definition) is 2. The van der Waals surface area contributed by atoms with Crippen LogP contribution in [-0.4, -0.2) is 10.7 Å². The molecule has 0 spiro atoms. The third-order valence-corrected chi connectivity index (χ3v) is 2.05. The molecule has 12 heavy (non-hydrogen) atoms. The number of rotatable bonds is 0. The average molecular weight is 164 g/mol. The molecular weight excluding hydrogens is 152 g/mol. The van der Waals surface area contributed by atoms with E-state index in [1.54, 1.807) is 12.1 Å². The number of hydrogen-bond donors (Lipinski definition) is 1. The van der Waals surface area contributed by atoms with Crippen LogP contribution >= 0.6 is 0 Å². The molecule has 0 amide bonds. The summed E-state index contributed by atoms with van der Waals surface area (Å²) in [7, 11) is 0. The first-order chi connectivity index (χ1) is 5.57. The summed E-state index contributed by atoms with van der Waals surface area (Å²) in [4.78, 5) is 0. The Morgan fingerprint density at radius 2 is 2.17 bits per heavy atom. The minimum atomic E-state index is -0.115. The molecule has 0 bridgehead atoms. The zero-order valence-electron chi connectivity index (χ0n) is 7.29. The van der Waals surface area contributed by atoms with Gasteiger partial charge >= 0.3 is 0 Å². The first-order valence-corrected chi connectivity index (χ1v) is 4.08. The van der Waals surface area contributed by atoms with Gasteiger partial charge in [-0.25, -0.2) is 0 Å². The summed E-state index contributed by atoms with van der Waals surface area (Å²) in [6.45, 7) is 4.09. The summed E-state index contributed by atoms with van der Waals surface area (Å²) in [5.74, 6) is 1.22. The fourth-order valence-corrected chi connectivity index (χ4v) is 1.60. The lowest BCUT2D eigenvalue weighted by atomic mass is 10.0. The van der Waals surface area contributed by atoms with Gasteiger partial charge in [0.25, 0.3) is 0 Å². The van der Waals surface area contributed by atoms with Crippen molar-refractivity contribution in [2.45, 2.75) is 25.9 Å². The van der Waals surface area contributed by atoms with Crippen LogP contribution in [0.3, 0.4) is 0 Å². The van der Waals surface area contributed by atoms with E-state index in [1.807, 2.05) is 19.9 Å². The SMILES string of the molecule is CC1(C)Cc2cc(O)ccc2O1. The Hall–Kier alpha value is -1.18. The van der Waals surface area contributed by atoms with Crippen molar-refractivity contribution in [2.24, 2.45) is 0 Å². The van der Waals surface area contributed by atoms with Gasteiger partial charge in [0.05, 0.1) is 0 Å². The summed E-state index contributed by atoms with van der Waals surface area (Å²) >= 11 is 0. The van der Waals surface area contributed by atoms with Crippen molar-refractivity contribution in [3.05, 3.63) is 23.8 Å². The summed E-state index contributed by atoms with van der Waals surface area (Å²) < 4.78 is 5.64. The highest BCUT2D eigenvalue weighted by atomic mass is 16.5. The predicted molar refractivity (Wildman–Crippen MR) is 46.5 cm³/mol. The lowest BCUT2D eigenvalue weighted by Crippen LogP contribution is -2.24. The smallest absolute Gasteiger partial charge is 0.123 e. The number of phenolic OH excluding ortho intramolecular Hbond substituents is 1. The quantitative estimate of drug-likeness (QED) is 0.636. The Morgan fingerprint density at radius 3 is 2.92 bits per heavy atom. The molecule has 1 aromatic rings. The topological polar surface area (TPSA) is 29.5 Å². The first kappa shape index (κ1) is 7.47. The Kier molecular flexibility index (Phi) is 1.34. The molecule has 0 aromatic heterocycles. The zero-order chi connectivity index (χ0) is 8.77. The molecule has 0 atom stereocenters. The zero-order valence-corrected chi connectivity index (χ0v) is 7.29. The third kappa shape index (κ3) is 1.13. The molecule has 1 heterocycles. The van der Waals surface area contributed by atoms with E-state index in [9.17, 15) is 5.11 Å². The highest BCUT2D eigenvalue weighted by Crippen LogP contribution is 2.36. The van der Waals surface area contributed by atoms with Crippen molar-refractivity contribution in [1.82, 2.24) is 0 Å². The summed E-state index contributed by atoms with van der Waals surface area (Å²) in [5.41, 5.74) is 0.982. The Balaban J connectivity index is 2.43. The largest absolute Gasteiger partial charge is 0.508 e. The Bertz CT molecular complexity index is 316. The fraction of sp³-hybridized carbons (Fsp3) is 0.400. The van der Waals surface area contributed by atoms with Gasteiger partial charge in [-0.3, -0.25) is 0 Å². The summed E-state index contributed by atoms with van der Waals surface area (Å²) in [6.07, 6.45) is 0.872. The molecule has 0 fully saturated rings. The van der Waals surface area contributed by atoms with Gasteiger partial charge in [-0.2, -0.15) is 0 Å².